The van der Waals surface area contributed by atoms with E-state index in [-0.39, 0.29) is 6.42 Å². The fourth-order valence-corrected chi connectivity index (χ4v) is 2.64. The third kappa shape index (κ3) is 5.05. The third-order valence-corrected chi connectivity index (χ3v) is 3.37. The lowest BCUT2D eigenvalue weighted by molar-refractivity contribution is -0.135. The van der Waals surface area contributed by atoms with Crippen LogP contribution < -0.4 is 5.73 Å². The predicted molar refractivity (Wildman–Crippen MR) is 74.7 cm³/mol. The number of aryl methyl sites for hydroxylation is 1. The number of aromatic nitrogens is 1. The molecule has 0 radical (unpaired) electrons. The van der Waals surface area contributed by atoms with E-state index in [1.165, 1.54) is 0 Å². The lowest BCUT2D eigenvalue weighted by Crippen LogP contribution is -2.19. The minimum atomic E-state index is -0.577. The van der Waals surface area contributed by atoms with Gasteiger partial charge in [0.2, 0.25) is 0 Å². The minimum absolute atomic E-state index is 0.158. The first-order chi connectivity index (χ1) is 8.52. The van der Waals surface area contributed by atoms with Crippen LogP contribution in [0.5, 0.6) is 0 Å². The molecule has 1 rings (SSSR count). The normalized spacial score (nSPS) is 10.1. The summed E-state index contributed by atoms with van der Waals surface area (Å²) in [5.74, 6) is 0.419. The van der Waals surface area contributed by atoms with Crippen molar-refractivity contribution in [1.29, 1.82) is 5.41 Å². The summed E-state index contributed by atoms with van der Waals surface area (Å²) in [6, 6.07) is 1.40. The molecule has 0 bridgehead atoms. The number of nitrogens with zero attached hydrogens (tertiary/aromatic N) is 1. The number of nitrogens with two attached hydrogens (primary N) is 1. The number of nitrogens with one attached hydrogen (secondary N) is 1. The lowest BCUT2D eigenvalue weighted by Gasteiger charge is -2.07. The Balaban J connectivity index is 2.66. The van der Waals surface area contributed by atoms with Gasteiger partial charge in [-0.1, -0.05) is 6.92 Å². The number of esters is 1. The standard InChI is InChI=1S/C11H14BrN3O2S/c1-2-18-9-5-7(12)6-15-8(9)3-4-10(16)17-11(13)14/h5-6H,2-4H2,1H3,(H3,13,14). The molecule has 98 valence electrons. The van der Waals surface area contributed by atoms with Crippen molar-refractivity contribution in [3.8, 4) is 0 Å². The molecule has 1 aromatic heterocycles. The number of halogens is 1. The Kier molecular flexibility index (Phi) is 6.14. The molecule has 0 aliphatic heterocycles. The molecule has 0 aromatic carbocycles. The molecular weight excluding hydrogens is 318 g/mol. The Bertz CT molecular complexity index is 454. The van der Waals surface area contributed by atoms with Gasteiger partial charge in [-0.25, -0.2) is 0 Å². The van der Waals surface area contributed by atoms with Gasteiger partial charge in [0.25, 0.3) is 6.02 Å². The van der Waals surface area contributed by atoms with Crippen molar-refractivity contribution in [2.75, 3.05) is 5.75 Å². The summed E-state index contributed by atoms with van der Waals surface area (Å²) in [5, 5.41) is 6.85. The summed E-state index contributed by atoms with van der Waals surface area (Å²) >= 11 is 5.04. The van der Waals surface area contributed by atoms with Gasteiger partial charge >= 0.3 is 5.97 Å². The van der Waals surface area contributed by atoms with Gasteiger partial charge in [0.05, 0.1) is 12.1 Å². The predicted octanol–water partition coefficient (Wildman–Crippen LogP) is 2.33. The average Bonchev–Trinajstić information content (AvgIpc) is 2.27. The van der Waals surface area contributed by atoms with Crippen LogP contribution in [0.15, 0.2) is 21.6 Å². The fraction of sp³-hybridized carbons (Fsp3) is 0.364. The molecule has 0 aliphatic carbocycles. The van der Waals surface area contributed by atoms with Crippen LogP contribution in [-0.2, 0) is 16.0 Å². The number of amidine groups is 1. The first-order valence-corrected chi connectivity index (χ1v) is 7.12. The van der Waals surface area contributed by atoms with E-state index in [1.54, 1.807) is 18.0 Å². The van der Waals surface area contributed by atoms with Gasteiger partial charge < -0.3 is 10.5 Å². The lowest BCUT2D eigenvalue weighted by atomic mass is 10.2. The highest BCUT2D eigenvalue weighted by Gasteiger charge is 2.10. The summed E-state index contributed by atoms with van der Waals surface area (Å²) in [5.41, 5.74) is 5.83. The molecular formula is C11H14BrN3O2S. The molecule has 0 unspecified atom stereocenters. The number of ether oxygens (including phenoxy) is 1. The van der Waals surface area contributed by atoms with Crippen molar-refractivity contribution < 1.29 is 9.53 Å². The van der Waals surface area contributed by atoms with E-state index in [4.69, 9.17) is 11.1 Å². The maximum atomic E-state index is 11.3. The molecule has 1 heterocycles. The van der Waals surface area contributed by atoms with Crippen LogP contribution in [0.4, 0.5) is 0 Å². The molecule has 0 saturated heterocycles. The van der Waals surface area contributed by atoms with Gasteiger partial charge in [-0.2, -0.15) is 0 Å². The molecule has 1 aromatic rings. The molecule has 0 fully saturated rings. The highest BCUT2D eigenvalue weighted by molar-refractivity contribution is 9.10. The maximum absolute atomic E-state index is 11.3. The molecule has 0 aliphatic rings. The van der Waals surface area contributed by atoms with Gasteiger partial charge in [0.1, 0.15) is 0 Å². The quantitative estimate of drug-likeness (QED) is 0.374. The zero-order valence-electron chi connectivity index (χ0n) is 9.90. The second-order valence-electron chi connectivity index (χ2n) is 3.37. The summed E-state index contributed by atoms with van der Waals surface area (Å²) in [4.78, 5) is 16.6. The number of thioether (sulfide) groups is 1. The van der Waals surface area contributed by atoms with Crippen LogP contribution >= 0.6 is 27.7 Å². The van der Waals surface area contributed by atoms with Crippen LogP contribution in [0.25, 0.3) is 0 Å². The van der Waals surface area contributed by atoms with Crippen LogP contribution in [0, 0.1) is 5.41 Å². The molecule has 7 heteroatoms. The monoisotopic (exact) mass is 331 g/mol. The van der Waals surface area contributed by atoms with Crippen molar-refractivity contribution in [2.45, 2.75) is 24.7 Å². The first kappa shape index (κ1) is 15.0. The van der Waals surface area contributed by atoms with Gasteiger partial charge in [0.15, 0.2) is 0 Å². The molecule has 3 N–H and O–H groups in total. The zero-order valence-corrected chi connectivity index (χ0v) is 12.3. The van der Waals surface area contributed by atoms with E-state index in [9.17, 15) is 4.79 Å². The number of rotatable bonds is 5. The van der Waals surface area contributed by atoms with E-state index in [0.29, 0.717) is 6.42 Å². The Morgan fingerprint density at radius 2 is 2.39 bits per heavy atom. The van der Waals surface area contributed by atoms with Crippen LogP contribution in [0.1, 0.15) is 19.0 Å². The maximum Gasteiger partial charge on any atom is 0.313 e. The second-order valence-corrected chi connectivity index (χ2v) is 5.59. The van der Waals surface area contributed by atoms with Crippen molar-refractivity contribution in [1.82, 2.24) is 4.98 Å². The molecule has 0 spiro atoms. The summed E-state index contributed by atoms with van der Waals surface area (Å²) < 4.78 is 5.38. The fourth-order valence-electron chi connectivity index (χ4n) is 1.31. The van der Waals surface area contributed by atoms with Gasteiger partial charge in [-0.3, -0.25) is 15.2 Å². The van der Waals surface area contributed by atoms with E-state index < -0.39 is 12.0 Å². The number of hydrogen-bond donors (Lipinski definition) is 2. The van der Waals surface area contributed by atoms with E-state index in [2.05, 4.69) is 32.6 Å². The number of pyridine rings is 1. The number of carbonyl (C=O) groups excluding carboxylic acids is 1. The smallest absolute Gasteiger partial charge is 0.313 e. The SMILES string of the molecule is CCSc1cc(Br)cnc1CCC(=O)OC(=N)N. The van der Waals surface area contributed by atoms with Crippen LogP contribution in [0.3, 0.4) is 0 Å². The Morgan fingerprint density at radius 1 is 1.67 bits per heavy atom. The van der Waals surface area contributed by atoms with Crippen LogP contribution in [0.2, 0.25) is 0 Å². The Morgan fingerprint density at radius 3 is 3.00 bits per heavy atom. The largest absolute Gasteiger partial charge is 0.393 e. The highest BCUT2D eigenvalue weighted by Crippen LogP contribution is 2.25. The van der Waals surface area contributed by atoms with Crippen LogP contribution in [-0.4, -0.2) is 22.7 Å². The van der Waals surface area contributed by atoms with Gasteiger partial charge in [-0.05, 0) is 27.7 Å². The molecule has 0 amide bonds. The molecule has 0 saturated carbocycles. The molecule has 0 atom stereocenters. The first-order valence-electron chi connectivity index (χ1n) is 5.34. The van der Waals surface area contributed by atoms with Crippen molar-refractivity contribution >= 4 is 39.7 Å². The summed E-state index contributed by atoms with van der Waals surface area (Å²) in [6.07, 6.45) is 2.33. The summed E-state index contributed by atoms with van der Waals surface area (Å²) in [7, 11) is 0. The topological polar surface area (TPSA) is 89.1 Å². The second kappa shape index (κ2) is 7.38. The molecule has 5 nitrogen and oxygen atoms in total. The van der Waals surface area contributed by atoms with E-state index >= 15 is 0 Å². The van der Waals surface area contributed by atoms with Crippen molar-refractivity contribution in [3.63, 3.8) is 0 Å². The van der Waals surface area contributed by atoms with Crippen molar-refractivity contribution in [3.05, 3.63) is 22.4 Å². The average molecular weight is 332 g/mol. The van der Waals surface area contributed by atoms with Gasteiger partial charge in [-0.15, -0.1) is 11.8 Å². The molecule has 18 heavy (non-hydrogen) atoms. The number of carbonyl (C=O) groups is 1. The highest BCUT2D eigenvalue weighted by atomic mass is 79.9. The van der Waals surface area contributed by atoms with Crippen molar-refractivity contribution in [2.24, 2.45) is 5.73 Å². The van der Waals surface area contributed by atoms with Gasteiger partial charge in [0, 0.05) is 22.0 Å². The minimum Gasteiger partial charge on any atom is -0.393 e. The Hall–Kier alpha value is -1.08. The summed E-state index contributed by atoms with van der Waals surface area (Å²) in [6.45, 7) is 2.05. The zero-order chi connectivity index (χ0) is 13.5. The van der Waals surface area contributed by atoms with E-state index in [1.807, 2.05) is 6.07 Å². The number of hydrogen-bond acceptors (Lipinski definition) is 5. The van der Waals surface area contributed by atoms with E-state index in [0.717, 1.165) is 20.8 Å². The Labute approximate surface area is 118 Å². The third-order valence-electron chi connectivity index (χ3n) is 1.99.